The van der Waals surface area contributed by atoms with E-state index in [1.807, 2.05) is 121 Å². The zero-order chi connectivity index (χ0) is 46.6. The maximum Gasteiger partial charge on any atom is 0.279 e. The molecule has 2 aliphatic rings. The molecule has 1 fully saturated rings. The Labute approximate surface area is 387 Å². The molecule has 0 bridgehead atoms. The number of methoxy groups -OCH3 is 1. The van der Waals surface area contributed by atoms with Gasteiger partial charge in [-0.3, -0.25) is 29.4 Å². The Kier molecular flexibility index (Phi) is 11.2. The van der Waals surface area contributed by atoms with E-state index in [1.165, 1.54) is 9.36 Å². The monoisotopic (exact) mass is 912 g/mol. The van der Waals surface area contributed by atoms with Gasteiger partial charge in [-0.05, 0) is 83.4 Å². The number of aromatic amines is 2. The van der Waals surface area contributed by atoms with Crippen molar-refractivity contribution in [1.82, 2.24) is 24.5 Å². The molecule has 2 aromatic heterocycles. The van der Waals surface area contributed by atoms with Gasteiger partial charge in [-0.1, -0.05) is 104 Å². The fraction of sp³-hybridized carbons (Fsp3) is 0.245. The van der Waals surface area contributed by atoms with Crippen LogP contribution in [-0.4, -0.2) is 75.8 Å². The molecule has 2 amide bonds. The molecule has 13 nitrogen and oxygen atoms in total. The van der Waals surface area contributed by atoms with E-state index < -0.39 is 25.7 Å². The number of nitrogens with zero attached hydrogens (tertiary/aromatic N) is 4. The number of ether oxygens (including phenoxy) is 2. The van der Waals surface area contributed by atoms with Crippen molar-refractivity contribution >= 4 is 52.6 Å². The van der Waals surface area contributed by atoms with E-state index in [1.54, 1.807) is 29.0 Å². The standard InChI is InChI=1S/C53H52N6O7Si/c1-34-49(67(3,4)40-25-23-39(65-2)24-26-40)47(31-48(61)56(28-29-60)32-35-12-6-5-7-13-35)66-53(34)43-30-38(59-51(63)42-15-9-11-17-45(42)55-59)22-27-46(43)57(52(53)64)33-36-18-20-37(21-19-36)58-50(62)41-14-8-10-16-44(41)54-58/h5-27,30,34,47,49,54-55,60H,28-29,31-33H2,1-4H3/t34-,47+,49-,53+/m0/s1. The lowest BCUT2D eigenvalue weighted by atomic mass is 9.82. The lowest BCUT2D eigenvalue weighted by molar-refractivity contribution is -0.150. The second kappa shape index (κ2) is 17.2. The fourth-order valence-corrected chi connectivity index (χ4v) is 14.7. The summed E-state index contributed by atoms with van der Waals surface area (Å²) in [5.74, 6) is -0.170. The summed E-state index contributed by atoms with van der Waals surface area (Å²) in [5, 5.41) is 18.9. The number of aliphatic hydroxyl groups excluding tert-OH is 1. The highest BCUT2D eigenvalue weighted by Gasteiger charge is 2.66. The predicted octanol–water partition coefficient (Wildman–Crippen LogP) is 7.13. The molecule has 14 heteroatoms. The molecule has 1 spiro atoms. The minimum atomic E-state index is -2.67. The number of hydrogen-bond donors (Lipinski definition) is 3. The Morgan fingerprint density at radius 3 is 1.97 bits per heavy atom. The van der Waals surface area contributed by atoms with Crippen LogP contribution in [-0.2, 0) is 33.0 Å². The number of rotatable bonds is 13. The highest BCUT2D eigenvalue weighted by Crippen LogP contribution is 2.60. The van der Waals surface area contributed by atoms with Crippen LogP contribution < -0.4 is 25.9 Å². The lowest BCUT2D eigenvalue weighted by Gasteiger charge is -2.37. The smallest absolute Gasteiger partial charge is 0.279 e. The summed E-state index contributed by atoms with van der Waals surface area (Å²) in [5.41, 5.74) is 3.42. The highest BCUT2D eigenvalue weighted by atomic mass is 28.3. The van der Waals surface area contributed by atoms with Gasteiger partial charge in [-0.15, -0.1) is 0 Å². The number of hydrogen-bond acceptors (Lipinski definition) is 7. The van der Waals surface area contributed by atoms with Crippen molar-refractivity contribution in [3.05, 3.63) is 183 Å². The number of H-pyrrole nitrogens is 2. The van der Waals surface area contributed by atoms with Gasteiger partial charge in [0.1, 0.15) is 5.75 Å². The second-order valence-electron chi connectivity index (χ2n) is 18.2. The van der Waals surface area contributed by atoms with Gasteiger partial charge in [0, 0.05) is 24.6 Å². The topological polar surface area (TPSA) is 155 Å². The molecule has 0 saturated carbocycles. The normalized spacial score (nSPS) is 19.1. The first-order chi connectivity index (χ1) is 32.4. The van der Waals surface area contributed by atoms with Crippen molar-refractivity contribution in [2.24, 2.45) is 5.92 Å². The number of aliphatic hydroxyl groups is 1. The molecule has 2 aliphatic heterocycles. The van der Waals surface area contributed by atoms with Gasteiger partial charge in [0.15, 0.2) is 5.60 Å². The van der Waals surface area contributed by atoms with Gasteiger partial charge in [0.2, 0.25) is 5.91 Å². The van der Waals surface area contributed by atoms with E-state index in [2.05, 4.69) is 42.3 Å². The molecule has 0 aliphatic carbocycles. The number of nitrogens with one attached hydrogen (secondary N) is 2. The molecule has 0 radical (unpaired) electrons. The number of carbonyl (C=O) groups is 2. The van der Waals surface area contributed by atoms with Crippen LogP contribution >= 0.6 is 0 Å². The summed E-state index contributed by atoms with van der Waals surface area (Å²) in [6, 6.07) is 45.6. The van der Waals surface area contributed by atoms with Gasteiger partial charge < -0.3 is 24.4 Å². The Morgan fingerprint density at radius 2 is 1.36 bits per heavy atom. The summed E-state index contributed by atoms with van der Waals surface area (Å²) in [4.78, 5) is 61.2. The molecule has 10 rings (SSSR count). The third-order valence-corrected chi connectivity index (χ3v) is 18.5. The van der Waals surface area contributed by atoms with Crippen molar-refractivity contribution in [2.75, 3.05) is 25.2 Å². The molecule has 6 aromatic carbocycles. The zero-order valence-corrected chi connectivity index (χ0v) is 38.8. The average molecular weight is 913 g/mol. The van der Waals surface area contributed by atoms with Crippen molar-refractivity contribution in [1.29, 1.82) is 0 Å². The van der Waals surface area contributed by atoms with Crippen LogP contribution in [0.4, 0.5) is 5.69 Å². The van der Waals surface area contributed by atoms with Gasteiger partial charge >= 0.3 is 0 Å². The minimum absolute atomic E-state index is 0.0193. The Hall–Kier alpha value is -7.26. The Morgan fingerprint density at radius 1 is 0.761 bits per heavy atom. The summed E-state index contributed by atoms with van der Waals surface area (Å²) >= 11 is 0. The summed E-state index contributed by atoms with van der Waals surface area (Å²) in [7, 11) is -1.04. The predicted molar refractivity (Wildman–Crippen MR) is 262 cm³/mol. The average Bonchev–Trinajstić information content (AvgIpc) is 4.04. The van der Waals surface area contributed by atoms with E-state index >= 15 is 4.79 Å². The quantitative estimate of drug-likeness (QED) is 0.104. The van der Waals surface area contributed by atoms with Crippen molar-refractivity contribution < 1.29 is 24.2 Å². The van der Waals surface area contributed by atoms with Crippen LogP contribution in [0.3, 0.4) is 0 Å². The first-order valence-corrected chi connectivity index (χ1v) is 25.7. The first-order valence-electron chi connectivity index (χ1n) is 22.6. The zero-order valence-electron chi connectivity index (χ0n) is 37.8. The number of carbonyl (C=O) groups excluding carboxylic acids is 2. The number of aromatic nitrogens is 4. The van der Waals surface area contributed by atoms with Crippen molar-refractivity contribution in [3.8, 4) is 17.1 Å². The van der Waals surface area contributed by atoms with E-state index in [4.69, 9.17) is 9.47 Å². The number of fused-ring (bicyclic) bond motifs is 4. The molecule has 4 atom stereocenters. The Balaban J connectivity index is 1.08. The van der Waals surface area contributed by atoms with Gasteiger partial charge in [0.25, 0.3) is 17.0 Å². The second-order valence-corrected chi connectivity index (χ2v) is 22.9. The van der Waals surface area contributed by atoms with Crippen molar-refractivity contribution in [3.63, 3.8) is 0 Å². The van der Waals surface area contributed by atoms with Crippen LogP contribution in [0.2, 0.25) is 18.6 Å². The third kappa shape index (κ3) is 7.41. The fourth-order valence-electron chi connectivity index (χ4n) is 10.7. The van der Waals surface area contributed by atoms with E-state index in [9.17, 15) is 19.5 Å². The SMILES string of the molecule is COc1ccc([Si](C)(C)[C@@H]2[C@@H](CC(=O)N(CCO)Cc3ccccc3)O[C@]3(C(=O)N(Cc4ccc(-n5[nH]c6ccccc6c5=O)cc4)c4ccc(-n5[nH]c6ccccc6c5=O)cc43)[C@H]2C)cc1. The first kappa shape index (κ1) is 43.6. The molecule has 1 saturated heterocycles. The molecule has 8 aromatic rings. The highest BCUT2D eigenvalue weighted by molar-refractivity contribution is 6.91. The van der Waals surface area contributed by atoms with Crippen LogP contribution in [0.25, 0.3) is 33.2 Å². The lowest BCUT2D eigenvalue weighted by Crippen LogP contribution is -2.52. The number of benzene rings is 6. The summed E-state index contributed by atoms with van der Waals surface area (Å²) in [6.07, 6.45) is -0.720. The Bertz CT molecular complexity index is 3270. The maximum atomic E-state index is 15.8. The van der Waals surface area contributed by atoms with Crippen LogP contribution in [0, 0.1) is 5.92 Å². The van der Waals surface area contributed by atoms with E-state index in [0.29, 0.717) is 45.5 Å². The molecule has 67 heavy (non-hydrogen) atoms. The van der Waals surface area contributed by atoms with Crippen LogP contribution in [0.5, 0.6) is 5.75 Å². The molecule has 340 valence electrons. The van der Waals surface area contributed by atoms with Crippen molar-refractivity contribution in [2.45, 2.75) is 56.8 Å². The molecule has 0 unspecified atom stereocenters. The third-order valence-electron chi connectivity index (χ3n) is 14.1. The van der Waals surface area contributed by atoms with Crippen LogP contribution in [0.15, 0.2) is 155 Å². The maximum absolute atomic E-state index is 15.8. The number of anilines is 1. The summed E-state index contributed by atoms with van der Waals surface area (Å²) < 4.78 is 16.0. The minimum Gasteiger partial charge on any atom is -0.497 e. The van der Waals surface area contributed by atoms with E-state index in [-0.39, 0.29) is 54.6 Å². The summed E-state index contributed by atoms with van der Waals surface area (Å²) in [6.45, 7) is 7.03. The van der Waals surface area contributed by atoms with Gasteiger partial charge in [-0.25, -0.2) is 9.36 Å². The number of para-hydroxylation sites is 2. The van der Waals surface area contributed by atoms with Gasteiger partial charge in [-0.2, -0.15) is 0 Å². The van der Waals surface area contributed by atoms with E-state index in [0.717, 1.165) is 27.6 Å². The molecule has 3 N–H and O–H groups in total. The molecular formula is C53H52N6O7Si. The molecule has 4 heterocycles. The van der Waals surface area contributed by atoms with Gasteiger partial charge in [0.05, 0.1) is 79.7 Å². The number of amides is 2. The molecular weight excluding hydrogens is 861 g/mol. The largest absolute Gasteiger partial charge is 0.497 e. The van der Waals surface area contributed by atoms with Crippen LogP contribution in [0.1, 0.15) is 30.0 Å².